The average Bonchev–Trinajstić information content (AvgIpc) is 2.72. The van der Waals surface area contributed by atoms with E-state index in [-0.39, 0.29) is 6.09 Å². The summed E-state index contributed by atoms with van der Waals surface area (Å²) in [7, 11) is 0. The summed E-state index contributed by atoms with van der Waals surface area (Å²) in [5.74, 6) is -0.394. The largest absolute Gasteiger partial charge is 0.463 e. The van der Waals surface area contributed by atoms with Crippen molar-refractivity contribution in [3.63, 3.8) is 0 Å². The molecule has 1 aliphatic rings. The molecule has 0 aromatic heterocycles. The molecule has 3 rings (SSSR count). The topological polar surface area (TPSA) is 59.1 Å². The molecule has 0 spiro atoms. The molecule has 0 atom stereocenters. The van der Waals surface area contributed by atoms with E-state index in [1.54, 1.807) is 17.9 Å². The van der Waals surface area contributed by atoms with E-state index in [4.69, 9.17) is 9.47 Å². The van der Waals surface area contributed by atoms with Crippen LogP contribution in [0.15, 0.2) is 54.6 Å². The number of fused-ring (bicyclic) bond motifs is 1. The van der Waals surface area contributed by atoms with Crippen LogP contribution in [-0.4, -0.2) is 37.4 Å². The van der Waals surface area contributed by atoms with Gasteiger partial charge >= 0.3 is 12.1 Å². The van der Waals surface area contributed by atoms with Crippen molar-refractivity contribution in [1.82, 2.24) is 0 Å². The average molecular weight is 423 g/mol. The third-order valence-corrected chi connectivity index (χ3v) is 4.75. The number of ether oxygens (including phenoxy) is 2. The molecule has 1 amide bonds. The summed E-state index contributed by atoms with van der Waals surface area (Å²) in [4.78, 5) is 28.5. The van der Waals surface area contributed by atoms with Crippen molar-refractivity contribution in [1.29, 1.82) is 0 Å². The molecule has 1 aliphatic heterocycles. The van der Waals surface area contributed by atoms with Gasteiger partial charge in [0.25, 0.3) is 0 Å². The van der Waals surface area contributed by atoms with Gasteiger partial charge in [-0.05, 0) is 57.0 Å². The Balaban J connectivity index is 1.92. The summed E-state index contributed by atoms with van der Waals surface area (Å²) in [5.41, 5.74) is 3.14. The lowest BCUT2D eigenvalue weighted by Crippen LogP contribution is -2.45. The third-order valence-electron chi connectivity index (χ3n) is 4.75. The number of anilines is 2. The molecule has 6 heteroatoms. The van der Waals surface area contributed by atoms with E-state index in [2.05, 4.69) is 17.0 Å². The molecular weight excluding hydrogens is 392 g/mol. The van der Waals surface area contributed by atoms with Crippen LogP contribution in [0, 0.1) is 0 Å². The van der Waals surface area contributed by atoms with Crippen molar-refractivity contribution >= 4 is 29.5 Å². The van der Waals surface area contributed by atoms with Gasteiger partial charge in [-0.2, -0.15) is 0 Å². The summed E-state index contributed by atoms with van der Waals surface area (Å²) >= 11 is 0. The summed E-state index contributed by atoms with van der Waals surface area (Å²) in [6.07, 6.45) is 2.72. The standard InChI is InChI=1S/C25H30N2O4/c1-5-30-23(28)14-12-19-11-13-21-22(17-19)27(24(29)31-25(2,3)4)16-15-26(21)18-20-9-7-6-8-10-20/h6-14,17H,5,15-16,18H2,1-4H3/b14-12+. The fourth-order valence-corrected chi connectivity index (χ4v) is 3.42. The van der Waals surface area contributed by atoms with E-state index in [0.717, 1.165) is 23.5 Å². The molecule has 0 N–H and O–H groups in total. The summed E-state index contributed by atoms with van der Waals surface area (Å²) in [6, 6.07) is 16.1. The minimum absolute atomic E-state index is 0.328. The maximum absolute atomic E-state index is 12.9. The number of carbonyl (C=O) groups is 2. The molecule has 0 saturated carbocycles. The van der Waals surface area contributed by atoms with Crippen LogP contribution >= 0.6 is 0 Å². The van der Waals surface area contributed by atoms with Crippen LogP contribution in [0.25, 0.3) is 6.08 Å². The summed E-state index contributed by atoms with van der Waals surface area (Å²) in [5, 5.41) is 0. The van der Waals surface area contributed by atoms with Crippen LogP contribution in [0.3, 0.4) is 0 Å². The van der Waals surface area contributed by atoms with Gasteiger partial charge < -0.3 is 14.4 Å². The van der Waals surface area contributed by atoms with Gasteiger partial charge in [0.15, 0.2) is 0 Å². The van der Waals surface area contributed by atoms with Crippen molar-refractivity contribution in [2.24, 2.45) is 0 Å². The van der Waals surface area contributed by atoms with Crippen LogP contribution in [0.4, 0.5) is 16.2 Å². The number of esters is 1. The number of benzene rings is 2. The van der Waals surface area contributed by atoms with Crippen molar-refractivity contribution < 1.29 is 19.1 Å². The minimum atomic E-state index is -0.583. The highest BCUT2D eigenvalue weighted by Crippen LogP contribution is 2.36. The highest BCUT2D eigenvalue weighted by Gasteiger charge is 2.30. The van der Waals surface area contributed by atoms with E-state index in [9.17, 15) is 9.59 Å². The van der Waals surface area contributed by atoms with Gasteiger partial charge in [-0.1, -0.05) is 36.4 Å². The molecule has 1 heterocycles. The number of rotatable bonds is 5. The Labute approximate surface area is 184 Å². The highest BCUT2D eigenvalue weighted by molar-refractivity contribution is 5.95. The molecule has 0 saturated heterocycles. The molecule has 31 heavy (non-hydrogen) atoms. The predicted octanol–water partition coefficient (Wildman–Crippen LogP) is 5.02. The first-order chi connectivity index (χ1) is 14.8. The maximum Gasteiger partial charge on any atom is 0.414 e. The van der Waals surface area contributed by atoms with Crippen LogP contribution < -0.4 is 9.80 Å². The molecule has 6 nitrogen and oxygen atoms in total. The Bertz CT molecular complexity index is 948. The molecule has 0 aliphatic carbocycles. The number of amides is 1. The van der Waals surface area contributed by atoms with Crippen LogP contribution in [0.2, 0.25) is 0 Å². The number of hydrogen-bond donors (Lipinski definition) is 0. The van der Waals surface area contributed by atoms with E-state index < -0.39 is 11.6 Å². The molecule has 0 fully saturated rings. The van der Waals surface area contributed by atoms with Gasteiger partial charge in [0.05, 0.1) is 18.0 Å². The lowest BCUT2D eigenvalue weighted by Gasteiger charge is -2.38. The highest BCUT2D eigenvalue weighted by atomic mass is 16.6. The maximum atomic E-state index is 12.9. The van der Waals surface area contributed by atoms with Crippen molar-refractivity contribution in [2.45, 2.75) is 39.8 Å². The Morgan fingerprint density at radius 1 is 1.03 bits per heavy atom. The van der Waals surface area contributed by atoms with Crippen molar-refractivity contribution in [3.05, 3.63) is 65.7 Å². The fourth-order valence-electron chi connectivity index (χ4n) is 3.42. The second-order valence-electron chi connectivity index (χ2n) is 8.37. The second-order valence-corrected chi connectivity index (χ2v) is 8.37. The number of hydrogen-bond acceptors (Lipinski definition) is 5. The zero-order chi connectivity index (χ0) is 22.4. The van der Waals surface area contributed by atoms with Crippen LogP contribution in [0.5, 0.6) is 0 Å². The van der Waals surface area contributed by atoms with Crippen molar-refractivity contribution in [3.8, 4) is 0 Å². The van der Waals surface area contributed by atoms with Crippen LogP contribution in [-0.2, 0) is 20.8 Å². The van der Waals surface area contributed by atoms with Gasteiger partial charge in [0, 0.05) is 25.7 Å². The number of carbonyl (C=O) groups excluding carboxylic acids is 2. The Kier molecular flexibility index (Phi) is 7.00. The van der Waals surface area contributed by atoms with Crippen molar-refractivity contribution in [2.75, 3.05) is 29.5 Å². The first-order valence-corrected chi connectivity index (χ1v) is 10.5. The minimum Gasteiger partial charge on any atom is -0.463 e. The zero-order valence-electron chi connectivity index (χ0n) is 18.6. The summed E-state index contributed by atoms with van der Waals surface area (Å²) in [6.45, 7) is 9.62. The van der Waals surface area contributed by atoms with Crippen LogP contribution in [0.1, 0.15) is 38.8 Å². The molecule has 2 aromatic rings. The lowest BCUT2D eigenvalue weighted by molar-refractivity contribution is -0.137. The van der Waals surface area contributed by atoms with E-state index in [1.807, 2.05) is 57.2 Å². The third kappa shape index (κ3) is 6.10. The first kappa shape index (κ1) is 22.4. The molecule has 0 unspecified atom stereocenters. The Hall–Kier alpha value is -3.28. The SMILES string of the molecule is CCOC(=O)/C=C/c1ccc2c(c1)N(C(=O)OC(C)(C)C)CCN2Cc1ccccc1. The van der Waals surface area contributed by atoms with Gasteiger partial charge in [-0.15, -0.1) is 0 Å². The molecule has 0 bridgehead atoms. The van der Waals surface area contributed by atoms with Gasteiger partial charge in [-0.3, -0.25) is 4.90 Å². The monoisotopic (exact) mass is 422 g/mol. The van der Waals surface area contributed by atoms with Gasteiger partial charge in [0.2, 0.25) is 0 Å². The number of nitrogens with zero attached hydrogens (tertiary/aromatic N) is 2. The Morgan fingerprint density at radius 2 is 1.77 bits per heavy atom. The van der Waals surface area contributed by atoms with Gasteiger partial charge in [-0.25, -0.2) is 9.59 Å². The lowest BCUT2D eigenvalue weighted by atomic mass is 10.1. The molecule has 0 radical (unpaired) electrons. The van der Waals surface area contributed by atoms with E-state index in [0.29, 0.717) is 19.7 Å². The normalized spacial score (nSPS) is 13.8. The Morgan fingerprint density at radius 3 is 2.45 bits per heavy atom. The second kappa shape index (κ2) is 9.69. The first-order valence-electron chi connectivity index (χ1n) is 10.5. The van der Waals surface area contributed by atoms with E-state index in [1.165, 1.54) is 11.6 Å². The molecule has 164 valence electrons. The zero-order valence-corrected chi connectivity index (χ0v) is 18.6. The molecule has 2 aromatic carbocycles. The molecular formula is C25H30N2O4. The van der Waals surface area contributed by atoms with Gasteiger partial charge in [0.1, 0.15) is 5.60 Å². The smallest absolute Gasteiger partial charge is 0.414 e. The quantitative estimate of drug-likeness (QED) is 0.500. The predicted molar refractivity (Wildman–Crippen MR) is 123 cm³/mol. The summed E-state index contributed by atoms with van der Waals surface area (Å²) < 4.78 is 10.6. The van der Waals surface area contributed by atoms with E-state index >= 15 is 0 Å². The fraction of sp³-hybridized carbons (Fsp3) is 0.360.